The molecular formula is C12H8BrN3O3. The van der Waals surface area contributed by atoms with Gasteiger partial charge in [0.2, 0.25) is 0 Å². The molecule has 1 N–H and O–H groups in total. The van der Waals surface area contributed by atoms with Gasteiger partial charge in [-0.15, -0.1) is 0 Å². The molecule has 2 aromatic rings. The molecule has 0 unspecified atom stereocenters. The summed E-state index contributed by atoms with van der Waals surface area (Å²) in [5, 5.41) is 13.2. The lowest BCUT2D eigenvalue weighted by atomic mass is 10.2. The van der Waals surface area contributed by atoms with E-state index < -0.39 is 4.92 Å². The maximum absolute atomic E-state index is 11.9. The Kier molecular flexibility index (Phi) is 3.86. The monoisotopic (exact) mass is 321 g/mol. The first kappa shape index (κ1) is 13.2. The molecule has 6 nitrogen and oxygen atoms in total. The average Bonchev–Trinajstić information content (AvgIpc) is 2.39. The van der Waals surface area contributed by atoms with Crippen LogP contribution in [0.3, 0.4) is 0 Å². The molecule has 1 heterocycles. The van der Waals surface area contributed by atoms with Crippen LogP contribution in [0.2, 0.25) is 0 Å². The van der Waals surface area contributed by atoms with Gasteiger partial charge in [-0.05, 0) is 34.1 Å². The zero-order chi connectivity index (χ0) is 13.8. The third kappa shape index (κ3) is 3.35. The molecule has 0 fully saturated rings. The number of nitro benzene ring substituents is 1. The maximum Gasteiger partial charge on any atom is 0.271 e. The minimum Gasteiger partial charge on any atom is -0.322 e. The van der Waals surface area contributed by atoms with Crippen LogP contribution >= 0.6 is 15.9 Å². The van der Waals surface area contributed by atoms with Crippen molar-refractivity contribution >= 4 is 33.2 Å². The number of hydrogen-bond donors (Lipinski definition) is 1. The van der Waals surface area contributed by atoms with E-state index in [1.807, 2.05) is 0 Å². The number of nitrogens with zero attached hydrogens (tertiary/aromatic N) is 2. The van der Waals surface area contributed by atoms with Gasteiger partial charge >= 0.3 is 0 Å². The molecule has 0 saturated heterocycles. The first-order chi connectivity index (χ1) is 9.06. The lowest BCUT2D eigenvalue weighted by molar-refractivity contribution is -0.384. The fourth-order valence-electron chi connectivity index (χ4n) is 1.41. The largest absolute Gasteiger partial charge is 0.322 e. The molecule has 19 heavy (non-hydrogen) atoms. The maximum atomic E-state index is 11.9. The SMILES string of the molecule is O=C(Nc1cccc([N+](=O)[O-])c1)c1ccc(Br)nc1. The minimum absolute atomic E-state index is 0.0771. The number of benzene rings is 1. The number of pyridine rings is 1. The summed E-state index contributed by atoms with van der Waals surface area (Å²) < 4.78 is 0.624. The number of rotatable bonds is 3. The summed E-state index contributed by atoms with van der Waals surface area (Å²) in [4.78, 5) is 25.9. The van der Waals surface area contributed by atoms with Gasteiger partial charge in [0, 0.05) is 24.0 Å². The second-order valence-corrected chi connectivity index (χ2v) is 4.44. The third-order valence-electron chi connectivity index (χ3n) is 2.30. The highest BCUT2D eigenvalue weighted by atomic mass is 79.9. The van der Waals surface area contributed by atoms with E-state index in [0.717, 1.165) is 0 Å². The van der Waals surface area contributed by atoms with Crippen LogP contribution < -0.4 is 5.32 Å². The zero-order valence-corrected chi connectivity index (χ0v) is 11.1. The number of anilines is 1. The summed E-state index contributed by atoms with van der Waals surface area (Å²) in [5.74, 6) is -0.375. The van der Waals surface area contributed by atoms with Crippen molar-refractivity contribution in [2.75, 3.05) is 5.32 Å². The van der Waals surface area contributed by atoms with Gasteiger partial charge in [0.25, 0.3) is 11.6 Å². The summed E-state index contributed by atoms with van der Waals surface area (Å²) in [6.45, 7) is 0. The molecule has 96 valence electrons. The predicted molar refractivity (Wildman–Crippen MR) is 73.0 cm³/mol. The van der Waals surface area contributed by atoms with Gasteiger partial charge in [0.05, 0.1) is 10.5 Å². The summed E-state index contributed by atoms with van der Waals surface area (Å²) in [6.07, 6.45) is 1.41. The van der Waals surface area contributed by atoms with Crippen molar-refractivity contribution < 1.29 is 9.72 Å². The number of halogens is 1. The molecule has 0 saturated carbocycles. The lowest BCUT2D eigenvalue weighted by Gasteiger charge is -2.04. The van der Waals surface area contributed by atoms with Gasteiger partial charge in [0.15, 0.2) is 0 Å². The third-order valence-corrected chi connectivity index (χ3v) is 2.77. The van der Waals surface area contributed by atoms with E-state index in [2.05, 4.69) is 26.2 Å². The van der Waals surface area contributed by atoms with Crippen molar-refractivity contribution in [3.8, 4) is 0 Å². The van der Waals surface area contributed by atoms with Gasteiger partial charge in [-0.2, -0.15) is 0 Å². The number of nitrogens with one attached hydrogen (secondary N) is 1. The first-order valence-electron chi connectivity index (χ1n) is 5.23. The van der Waals surface area contributed by atoms with Gasteiger partial charge < -0.3 is 5.32 Å². The Hall–Kier alpha value is -2.28. The minimum atomic E-state index is -0.517. The smallest absolute Gasteiger partial charge is 0.271 e. The number of aromatic nitrogens is 1. The number of nitro groups is 1. The molecule has 0 radical (unpaired) electrons. The fraction of sp³-hybridized carbons (Fsp3) is 0. The van der Waals surface area contributed by atoms with Crippen LogP contribution in [0.25, 0.3) is 0 Å². The summed E-state index contributed by atoms with van der Waals surface area (Å²) >= 11 is 3.17. The fourth-order valence-corrected chi connectivity index (χ4v) is 1.65. The lowest BCUT2D eigenvalue weighted by Crippen LogP contribution is -2.12. The zero-order valence-electron chi connectivity index (χ0n) is 9.54. The van der Waals surface area contributed by atoms with Gasteiger partial charge in [-0.1, -0.05) is 6.07 Å². The quantitative estimate of drug-likeness (QED) is 0.535. The van der Waals surface area contributed by atoms with E-state index in [1.54, 1.807) is 18.2 Å². The number of hydrogen-bond acceptors (Lipinski definition) is 4. The Balaban J connectivity index is 2.17. The summed E-state index contributed by atoms with van der Waals surface area (Å²) in [7, 11) is 0. The Labute approximate surface area is 116 Å². The first-order valence-corrected chi connectivity index (χ1v) is 6.03. The van der Waals surface area contributed by atoms with E-state index in [4.69, 9.17) is 0 Å². The van der Waals surface area contributed by atoms with Crippen LogP contribution in [-0.2, 0) is 0 Å². The van der Waals surface area contributed by atoms with E-state index in [0.29, 0.717) is 15.9 Å². The molecule has 0 aliphatic heterocycles. The van der Waals surface area contributed by atoms with Crippen molar-refractivity contribution in [2.45, 2.75) is 0 Å². The van der Waals surface area contributed by atoms with Crippen LogP contribution in [0, 0.1) is 10.1 Å². The number of non-ortho nitro benzene ring substituents is 1. The second kappa shape index (κ2) is 5.57. The molecule has 0 atom stereocenters. The topological polar surface area (TPSA) is 85.1 Å². The second-order valence-electron chi connectivity index (χ2n) is 3.63. The Morgan fingerprint density at radius 1 is 1.32 bits per heavy atom. The molecule has 0 aliphatic rings. The average molecular weight is 322 g/mol. The Morgan fingerprint density at radius 2 is 2.11 bits per heavy atom. The molecule has 1 aromatic heterocycles. The summed E-state index contributed by atoms with van der Waals surface area (Å²) in [6, 6.07) is 8.98. The summed E-state index contributed by atoms with van der Waals surface area (Å²) in [5.41, 5.74) is 0.656. The molecule has 2 rings (SSSR count). The molecule has 0 spiro atoms. The van der Waals surface area contributed by atoms with Gasteiger partial charge in [0.1, 0.15) is 4.60 Å². The van der Waals surface area contributed by atoms with E-state index in [-0.39, 0.29) is 11.6 Å². The van der Waals surface area contributed by atoms with Crippen molar-refractivity contribution in [1.29, 1.82) is 0 Å². The normalized spacial score (nSPS) is 9.95. The molecule has 7 heteroatoms. The molecule has 0 bridgehead atoms. The number of carbonyl (C=O) groups is 1. The van der Waals surface area contributed by atoms with Crippen molar-refractivity contribution in [1.82, 2.24) is 4.98 Å². The van der Waals surface area contributed by atoms with Crippen LogP contribution in [0.4, 0.5) is 11.4 Å². The Bertz CT molecular complexity index is 628. The van der Waals surface area contributed by atoms with E-state index in [1.165, 1.54) is 24.4 Å². The van der Waals surface area contributed by atoms with Gasteiger partial charge in [-0.3, -0.25) is 14.9 Å². The highest BCUT2D eigenvalue weighted by Crippen LogP contribution is 2.18. The van der Waals surface area contributed by atoms with Crippen LogP contribution in [0.15, 0.2) is 47.2 Å². The van der Waals surface area contributed by atoms with Crippen molar-refractivity contribution in [3.63, 3.8) is 0 Å². The van der Waals surface area contributed by atoms with E-state index >= 15 is 0 Å². The molecule has 1 amide bonds. The van der Waals surface area contributed by atoms with Crippen LogP contribution in [0.5, 0.6) is 0 Å². The highest BCUT2D eigenvalue weighted by Gasteiger charge is 2.09. The molecular weight excluding hydrogens is 314 g/mol. The number of amides is 1. The van der Waals surface area contributed by atoms with Gasteiger partial charge in [-0.25, -0.2) is 4.98 Å². The standard InChI is InChI=1S/C12H8BrN3O3/c13-11-5-4-8(7-14-11)12(17)15-9-2-1-3-10(6-9)16(18)19/h1-7H,(H,15,17). The Morgan fingerprint density at radius 3 is 2.74 bits per heavy atom. The van der Waals surface area contributed by atoms with Crippen molar-refractivity contribution in [2.24, 2.45) is 0 Å². The number of carbonyl (C=O) groups excluding carboxylic acids is 1. The molecule has 1 aromatic carbocycles. The molecule has 0 aliphatic carbocycles. The predicted octanol–water partition coefficient (Wildman–Crippen LogP) is 3.00. The van der Waals surface area contributed by atoms with Crippen LogP contribution in [-0.4, -0.2) is 15.8 Å². The van der Waals surface area contributed by atoms with Crippen LogP contribution in [0.1, 0.15) is 10.4 Å². The van der Waals surface area contributed by atoms with Crippen molar-refractivity contribution in [3.05, 3.63) is 62.9 Å². The highest BCUT2D eigenvalue weighted by molar-refractivity contribution is 9.10. The van der Waals surface area contributed by atoms with E-state index in [9.17, 15) is 14.9 Å².